The van der Waals surface area contributed by atoms with Crippen molar-refractivity contribution in [3.8, 4) is 11.5 Å². The minimum Gasteiger partial charge on any atom is -0.459 e. The zero-order chi connectivity index (χ0) is 24.0. The Balaban J connectivity index is 1.68. The van der Waals surface area contributed by atoms with Crippen LogP contribution in [-0.2, 0) is 9.53 Å². The average molecular weight is 497 g/mol. The van der Waals surface area contributed by atoms with Gasteiger partial charge in [-0.2, -0.15) is 0 Å². The van der Waals surface area contributed by atoms with Crippen LogP contribution in [0, 0.1) is 0 Å². The molecule has 2 aromatic carbocycles. The van der Waals surface area contributed by atoms with Crippen LogP contribution in [0.3, 0.4) is 0 Å². The maximum absolute atomic E-state index is 13.6. The van der Waals surface area contributed by atoms with Gasteiger partial charge in [0.05, 0.1) is 27.9 Å². The molecule has 34 heavy (non-hydrogen) atoms. The van der Waals surface area contributed by atoms with Gasteiger partial charge >= 0.3 is 5.97 Å². The van der Waals surface area contributed by atoms with Crippen molar-refractivity contribution in [1.29, 1.82) is 0 Å². The number of fused-ring (bicyclic) bond motifs is 2. The number of hydrogen-bond acceptors (Lipinski definition) is 7. The number of nitrogens with zero attached hydrogens (tertiary/aromatic N) is 2. The Kier molecular flexibility index (Phi) is 5.79. The minimum absolute atomic E-state index is 0.177. The first-order valence-corrected chi connectivity index (χ1v) is 11.9. The fourth-order valence-corrected chi connectivity index (χ4v) is 5.15. The lowest BCUT2D eigenvalue weighted by Gasteiger charge is -2.25. The van der Waals surface area contributed by atoms with E-state index in [4.69, 9.17) is 25.8 Å². The summed E-state index contributed by atoms with van der Waals surface area (Å²) in [4.78, 5) is 31.8. The fourth-order valence-electron chi connectivity index (χ4n) is 3.97. The van der Waals surface area contributed by atoms with Gasteiger partial charge in [-0.05, 0) is 62.2 Å². The van der Waals surface area contributed by atoms with Crippen LogP contribution in [0.1, 0.15) is 37.9 Å². The van der Waals surface area contributed by atoms with E-state index in [1.165, 1.54) is 11.3 Å². The molecular formula is C25H21ClN2O5S. The second kappa shape index (κ2) is 8.77. The predicted molar refractivity (Wildman–Crippen MR) is 129 cm³/mol. The Hall–Kier alpha value is -3.36. The summed E-state index contributed by atoms with van der Waals surface area (Å²) >= 11 is 7.37. The molecule has 0 saturated heterocycles. The quantitative estimate of drug-likeness (QED) is 0.516. The Morgan fingerprint density at radius 2 is 1.94 bits per heavy atom. The topological polar surface area (TPSA) is 79.1 Å². The fraction of sp³-hybridized carbons (Fsp3) is 0.240. The Labute approximate surface area is 204 Å². The molecule has 9 heteroatoms. The van der Waals surface area contributed by atoms with Crippen LogP contribution in [0.25, 0.3) is 6.08 Å². The lowest BCUT2D eigenvalue weighted by molar-refractivity contribution is -0.143. The van der Waals surface area contributed by atoms with Crippen molar-refractivity contribution in [1.82, 2.24) is 4.57 Å². The second-order valence-electron chi connectivity index (χ2n) is 8.20. The molecule has 3 heterocycles. The van der Waals surface area contributed by atoms with Crippen molar-refractivity contribution in [3.05, 3.63) is 89.6 Å². The summed E-state index contributed by atoms with van der Waals surface area (Å²) in [6.07, 6.45) is 1.48. The molecule has 2 aliphatic heterocycles. The number of benzene rings is 2. The number of allylic oxidation sites excluding steroid dienone is 1. The normalized spacial score (nSPS) is 17.1. The Morgan fingerprint density at radius 1 is 1.21 bits per heavy atom. The highest BCUT2D eigenvalue weighted by molar-refractivity contribution is 7.07. The van der Waals surface area contributed by atoms with E-state index >= 15 is 0 Å². The lowest BCUT2D eigenvalue weighted by atomic mass is 9.96. The van der Waals surface area contributed by atoms with E-state index in [1.807, 2.05) is 30.3 Å². The Morgan fingerprint density at radius 3 is 2.68 bits per heavy atom. The standard InChI is InChI=1S/C25H21ClN2O5S/c1-13(2)33-24(30)21-14(3)27-25-28(22(21)16-5-7-17(26)8-6-16)23(29)20(34-25)11-15-4-9-18-19(10-15)32-12-31-18/h4-11,13,22H,12H2,1-3H3/b20-11+. The summed E-state index contributed by atoms with van der Waals surface area (Å²) in [6, 6.07) is 11.9. The third-order valence-corrected chi connectivity index (χ3v) is 6.70. The summed E-state index contributed by atoms with van der Waals surface area (Å²) < 4.78 is 18.4. The van der Waals surface area contributed by atoms with Gasteiger partial charge in [-0.15, -0.1) is 0 Å². The van der Waals surface area contributed by atoms with Gasteiger partial charge in [0.2, 0.25) is 6.79 Å². The molecule has 0 bridgehead atoms. The predicted octanol–water partition coefficient (Wildman–Crippen LogP) is 3.57. The average Bonchev–Trinajstić information content (AvgIpc) is 3.37. The monoisotopic (exact) mass is 496 g/mol. The smallest absolute Gasteiger partial charge is 0.338 e. The van der Waals surface area contributed by atoms with E-state index in [1.54, 1.807) is 43.5 Å². The molecule has 0 saturated carbocycles. The van der Waals surface area contributed by atoms with E-state index in [-0.39, 0.29) is 18.5 Å². The number of ether oxygens (including phenoxy) is 3. The van der Waals surface area contributed by atoms with Gasteiger partial charge in [0, 0.05) is 5.02 Å². The number of halogens is 1. The molecular weight excluding hydrogens is 476 g/mol. The van der Waals surface area contributed by atoms with Crippen LogP contribution in [0.15, 0.2) is 63.5 Å². The van der Waals surface area contributed by atoms with Gasteiger partial charge in [-0.3, -0.25) is 9.36 Å². The van der Waals surface area contributed by atoms with Crippen LogP contribution >= 0.6 is 22.9 Å². The van der Waals surface area contributed by atoms with Crippen LogP contribution in [0.5, 0.6) is 11.5 Å². The van der Waals surface area contributed by atoms with Gasteiger partial charge in [-0.25, -0.2) is 9.79 Å². The van der Waals surface area contributed by atoms with E-state index in [0.29, 0.717) is 37.1 Å². The summed E-state index contributed by atoms with van der Waals surface area (Å²) in [5.41, 5.74) is 2.14. The van der Waals surface area contributed by atoms with E-state index in [9.17, 15) is 9.59 Å². The summed E-state index contributed by atoms with van der Waals surface area (Å²) in [5, 5.41) is 0.561. The largest absolute Gasteiger partial charge is 0.459 e. The molecule has 1 aromatic heterocycles. The molecule has 0 amide bonds. The van der Waals surface area contributed by atoms with Crippen molar-refractivity contribution < 1.29 is 19.0 Å². The molecule has 5 rings (SSSR count). The van der Waals surface area contributed by atoms with Gasteiger partial charge < -0.3 is 14.2 Å². The molecule has 2 aliphatic rings. The van der Waals surface area contributed by atoms with Gasteiger partial charge in [0.1, 0.15) is 0 Å². The number of rotatable bonds is 4. The van der Waals surface area contributed by atoms with E-state index in [0.717, 1.165) is 11.1 Å². The number of carbonyl (C=O) groups is 1. The van der Waals surface area contributed by atoms with Gasteiger partial charge in [0.25, 0.3) is 5.56 Å². The highest BCUT2D eigenvalue weighted by Gasteiger charge is 2.33. The van der Waals surface area contributed by atoms with Crippen molar-refractivity contribution in [3.63, 3.8) is 0 Å². The molecule has 3 aromatic rings. The van der Waals surface area contributed by atoms with Crippen molar-refractivity contribution in [2.24, 2.45) is 4.99 Å². The summed E-state index contributed by atoms with van der Waals surface area (Å²) in [7, 11) is 0. The first-order chi connectivity index (χ1) is 16.3. The van der Waals surface area contributed by atoms with Gasteiger partial charge in [0.15, 0.2) is 16.3 Å². The van der Waals surface area contributed by atoms with E-state index in [2.05, 4.69) is 4.99 Å². The highest BCUT2D eigenvalue weighted by atomic mass is 35.5. The van der Waals surface area contributed by atoms with Crippen LogP contribution in [0.4, 0.5) is 0 Å². The Bertz CT molecular complexity index is 1500. The molecule has 7 nitrogen and oxygen atoms in total. The third-order valence-electron chi connectivity index (χ3n) is 5.46. The SMILES string of the molecule is CC1=C(C(=O)OC(C)C)C(c2ccc(Cl)cc2)n2c(s/c(=C/c3ccc4c(c3)OCO4)c2=O)=N1. The van der Waals surface area contributed by atoms with Crippen molar-refractivity contribution in [2.45, 2.75) is 32.9 Å². The summed E-state index contributed by atoms with van der Waals surface area (Å²) in [5.74, 6) is 0.807. The molecule has 0 fully saturated rings. The molecule has 0 spiro atoms. The number of esters is 1. The third kappa shape index (κ3) is 4.03. The minimum atomic E-state index is -0.682. The van der Waals surface area contributed by atoms with Gasteiger partial charge in [-0.1, -0.05) is 41.1 Å². The number of carbonyl (C=O) groups excluding carboxylic acids is 1. The number of aromatic nitrogens is 1. The molecule has 0 N–H and O–H groups in total. The zero-order valence-electron chi connectivity index (χ0n) is 18.7. The molecule has 1 unspecified atom stereocenters. The zero-order valence-corrected chi connectivity index (χ0v) is 20.3. The molecule has 1 atom stereocenters. The van der Waals surface area contributed by atoms with Crippen LogP contribution in [-0.4, -0.2) is 23.4 Å². The first kappa shape index (κ1) is 22.4. The molecule has 174 valence electrons. The number of hydrogen-bond donors (Lipinski definition) is 0. The lowest BCUT2D eigenvalue weighted by Crippen LogP contribution is -2.40. The first-order valence-electron chi connectivity index (χ1n) is 10.7. The second-order valence-corrected chi connectivity index (χ2v) is 9.65. The van der Waals surface area contributed by atoms with Crippen LogP contribution in [0.2, 0.25) is 5.02 Å². The summed E-state index contributed by atoms with van der Waals surface area (Å²) in [6.45, 7) is 5.50. The van der Waals surface area contributed by atoms with Crippen LogP contribution < -0.4 is 24.4 Å². The molecule has 0 aliphatic carbocycles. The van der Waals surface area contributed by atoms with Crippen molar-refractivity contribution in [2.75, 3.05) is 6.79 Å². The molecule has 0 radical (unpaired) electrons. The van der Waals surface area contributed by atoms with Crippen molar-refractivity contribution >= 4 is 35.0 Å². The number of thiazole rings is 1. The maximum atomic E-state index is 13.6. The van der Waals surface area contributed by atoms with E-state index < -0.39 is 12.0 Å². The highest BCUT2D eigenvalue weighted by Crippen LogP contribution is 2.33. The maximum Gasteiger partial charge on any atom is 0.338 e.